The van der Waals surface area contributed by atoms with Crippen LogP contribution < -0.4 is 30.5 Å². The number of carbonyl (C=O) groups excluding carboxylic acids is 2. The molecule has 13 nitrogen and oxygen atoms in total. The summed E-state index contributed by atoms with van der Waals surface area (Å²) in [6.45, 7) is 6.13. The number of piperidine rings is 3. The van der Waals surface area contributed by atoms with Crippen molar-refractivity contribution < 1.29 is 32.6 Å². The van der Waals surface area contributed by atoms with E-state index in [0.717, 1.165) is 84.1 Å². The zero-order chi connectivity index (χ0) is 45.3. The molecule has 2 bridgehead atoms. The number of rotatable bonds is 10. The van der Waals surface area contributed by atoms with Gasteiger partial charge in [0.05, 0.1) is 23.2 Å². The minimum absolute atomic E-state index is 0.0276. The molecule has 6 fully saturated rings. The normalized spacial score (nSPS) is 23.6. The average molecular weight is 900 g/mol. The van der Waals surface area contributed by atoms with Crippen LogP contribution in [0.5, 0.6) is 11.8 Å². The number of nitrogens with zero attached hydrogens (tertiary/aromatic N) is 6. The maximum atomic E-state index is 17.1. The second-order valence-corrected chi connectivity index (χ2v) is 19.6. The molecule has 1 spiro atoms. The Morgan fingerprint density at radius 2 is 1.65 bits per heavy atom. The van der Waals surface area contributed by atoms with Crippen molar-refractivity contribution in [1.29, 1.82) is 0 Å². The number of aromatic hydroxyl groups is 1. The number of imide groups is 1. The summed E-state index contributed by atoms with van der Waals surface area (Å²) in [5, 5.41) is 20.9. The maximum Gasteiger partial charge on any atom is 0.319 e. The number of pyridine rings is 1. The van der Waals surface area contributed by atoms with Gasteiger partial charge in [-0.1, -0.05) is 12.0 Å². The first-order chi connectivity index (χ1) is 31.9. The number of halogens is 3. The van der Waals surface area contributed by atoms with Crippen molar-refractivity contribution in [3.8, 4) is 35.4 Å². The molecule has 1 aliphatic carbocycles. The van der Waals surface area contributed by atoms with Gasteiger partial charge in [-0.25, -0.2) is 13.2 Å². The number of fused-ring (bicyclic) bond motifs is 4. The molecule has 1 saturated carbocycles. The largest absolute Gasteiger partial charge is 0.508 e. The van der Waals surface area contributed by atoms with Crippen molar-refractivity contribution in [2.45, 2.75) is 82.3 Å². The fourth-order valence-electron chi connectivity index (χ4n) is 11.2. The highest BCUT2D eigenvalue weighted by molar-refractivity contribution is 6.03. The quantitative estimate of drug-likeness (QED) is 0.0880. The summed E-state index contributed by atoms with van der Waals surface area (Å²) in [5.74, 6) is 0.441. The van der Waals surface area contributed by atoms with E-state index in [1.165, 1.54) is 30.3 Å². The van der Waals surface area contributed by atoms with Crippen LogP contribution in [0, 0.1) is 40.6 Å². The van der Waals surface area contributed by atoms with Crippen LogP contribution >= 0.6 is 0 Å². The summed E-state index contributed by atoms with van der Waals surface area (Å²) in [6, 6.07) is 10.6. The number of carbonyl (C=O) groups is 2. The first-order valence-electron chi connectivity index (χ1n) is 23.2. The van der Waals surface area contributed by atoms with Gasteiger partial charge >= 0.3 is 6.01 Å². The standard InChI is InChI=1S/C50H52F3N9O4/c1-2-34-37(51)7-3-29-21-33(63)23-35(42(29)34)44-43(53)45-36(24-54-44)46(62-25-31-4-5-32(26-62)55-31)59-48(58-45)66-28-50(11-12-50)27-60-17-13-49(14-18-60)15-19-61(20-16-49)40-9-6-30(22-38(40)52)56-39-8-10-41(64)57-47(39)65/h1,3,6-7,9,21-24,31-32,39,55-56,63H,4-5,8,10-20,25-28H2,(H,57,64,65). The second-order valence-electron chi connectivity index (χ2n) is 19.6. The van der Waals surface area contributed by atoms with Crippen LogP contribution in [0.3, 0.4) is 0 Å². The second kappa shape index (κ2) is 16.6. The van der Waals surface area contributed by atoms with E-state index in [0.29, 0.717) is 54.1 Å². The van der Waals surface area contributed by atoms with Crippen molar-refractivity contribution in [3.05, 3.63) is 71.7 Å². The van der Waals surface area contributed by atoms with Crippen LogP contribution in [-0.2, 0) is 9.59 Å². The molecule has 3 atom stereocenters. The fourth-order valence-corrected chi connectivity index (χ4v) is 11.2. The SMILES string of the molecule is C#Cc1c(F)ccc2cc(O)cc(-c3ncc4c(N5CC6CCC(C5)N6)nc(OCC5(CN6CCC7(CC6)CCN(c6ccc(NC8CCC(=O)NC8=O)cc6F)CC7)CC5)nc4c3F)c12. The number of piperazine rings is 1. The molecule has 3 aromatic carbocycles. The summed E-state index contributed by atoms with van der Waals surface area (Å²) in [6.07, 6.45) is 16.1. The van der Waals surface area contributed by atoms with E-state index in [9.17, 15) is 14.7 Å². The molecule has 4 N–H and O–H groups in total. The van der Waals surface area contributed by atoms with Gasteiger partial charge in [-0.3, -0.25) is 19.9 Å². The number of aromatic nitrogens is 3. The number of hydrogen-bond donors (Lipinski definition) is 4. The highest BCUT2D eigenvalue weighted by atomic mass is 19.1. The number of phenolic OH excluding ortho intramolecular Hbond substituents is 1. The molecule has 0 radical (unpaired) electrons. The highest BCUT2D eigenvalue weighted by Crippen LogP contribution is 2.49. The predicted octanol–water partition coefficient (Wildman–Crippen LogP) is 6.65. The van der Waals surface area contributed by atoms with Crippen molar-refractivity contribution in [1.82, 2.24) is 30.5 Å². The van der Waals surface area contributed by atoms with Gasteiger partial charge in [0.2, 0.25) is 11.8 Å². The lowest BCUT2D eigenvalue weighted by Crippen LogP contribution is -2.51. The van der Waals surface area contributed by atoms with Crippen molar-refractivity contribution in [2.75, 3.05) is 67.5 Å². The Balaban J connectivity index is 0.769. The van der Waals surface area contributed by atoms with E-state index >= 15 is 13.2 Å². The van der Waals surface area contributed by atoms with Crippen molar-refractivity contribution in [3.63, 3.8) is 0 Å². The average Bonchev–Trinajstić information content (AvgIpc) is 4.00. The van der Waals surface area contributed by atoms with E-state index in [-0.39, 0.29) is 86.4 Å². The molecule has 5 aromatic rings. The van der Waals surface area contributed by atoms with Crippen molar-refractivity contribution >= 4 is 50.7 Å². The predicted molar refractivity (Wildman–Crippen MR) is 245 cm³/mol. The maximum absolute atomic E-state index is 17.1. The topological polar surface area (TPSA) is 148 Å². The van der Waals surface area contributed by atoms with Crippen LogP contribution in [0.4, 0.5) is 30.4 Å². The number of anilines is 3. The Labute approximate surface area is 380 Å². The Kier molecular flexibility index (Phi) is 10.7. The molecule has 7 heterocycles. The molecular weight excluding hydrogens is 848 g/mol. The molecule has 2 aromatic heterocycles. The summed E-state index contributed by atoms with van der Waals surface area (Å²) >= 11 is 0. The minimum Gasteiger partial charge on any atom is -0.508 e. The van der Waals surface area contributed by atoms with Crippen LogP contribution in [0.1, 0.15) is 69.8 Å². The van der Waals surface area contributed by atoms with Crippen LogP contribution in [0.15, 0.2) is 48.7 Å². The third kappa shape index (κ3) is 7.99. The Bertz CT molecular complexity index is 2800. The molecule has 342 valence electrons. The van der Waals surface area contributed by atoms with Gasteiger partial charge in [0.25, 0.3) is 0 Å². The summed E-state index contributed by atoms with van der Waals surface area (Å²) in [5.41, 5.74) is 1.24. The summed E-state index contributed by atoms with van der Waals surface area (Å²) < 4.78 is 54.1. The van der Waals surface area contributed by atoms with Gasteiger partial charge in [0.15, 0.2) is 5.82 Å². The zero-order valence-corrected chi connectivity index (χ0v) is 36.6. The van der Waals surface area contributed by atoms with Crippen LogP contribution in [0.25, 0.3) is 32.9 Å². The van der Waals surface area contributed by atoms with Crippen LogP contribution in [0.2, 0.25) is 0 Å². The van der Waals surface area contributed by atoms with Gasteiger partial charge in [-0.15, -0.1) is 6.42 Å². The van der Waals surface area contributed by atoms with Gasteiger partial charge in [-0.05, 0) is 118 Å². The third-order valence-electron chi connectivity index (χ3n) is 15.2. The molecule has 5 aliphatic heterocycles. The Morgan fingerprint density at radius 1 is 0.894 bits per heavy atom. The van der Waals surface area contributed by atoms with E-state index in [1.807, 2.05) is 0 Å². The Morgan fingerprint density at radius 3 is 2.36 bits per heavy atom. The van der Waals surface area contributed by atoms with E-state index < -0.39 is 17.7 Å². The van der Waals surface area contributed by atoms with Crippen LogP contribution in [-0.4, -0.2) is 107 Å². The summed E-state index contributed by atoms with van der Waals surface area (Å²) in [4.78, 5) is 44.8. The van der Waals surface area contributed by atoms with E-state index in [1.54, 1.807) is 18.3 Å². The molecule has 11 rings (SSSR count). The van der Waals surface area contributed by atoms with Gasteiger partial charge in [0.1, 0.15) is 40.5 Å². The fraction of sp³-hybridized carbons (Fsp3) is 0.460. The zero-order valence-electron chi connectivity index (χ0n) is 36.6. The smallest absolute Gasteiger partial charge is 0.319 e. The monoisotopic (exact) mass is 899 g/mol. The lowest BCUT2D eigenvalue weighted by atomic mass is 9.71. The lowest BCUT2D eigenvalue weighted by Gasteiger charge is -2.48. The number of phenols is 1. The number of ether oxygens (including phenoxy) is 1. The van der Waals surface area contributed by atoms with E-state index in [2.05, 4.69) is 41.6 Å². The highest BCUT2D eigenvalue weighted by Gasteiger charge is 2.47. The number of nitrogens with one attached hydrogen (secondary N) is 3. The molecule has 6 aliphatic rings. The van der Waals surface area contributed by atoms with E-state index in [4.69, 9.17) is 21.1 Å². The molecule has 3 unspecified atom stereocenters. The van der Waals surface area contributed by atoms with Gasteiger partial charge in [-0.2, -0.15) is 9.97 Å². The van der Waals surface area contributed by atoms with Gasteiger partial charge in [0, 0.05) is 79.5 Å². The molecular formula is C50H52F3N9O4. The lowest BCUT2D eigenvalue weighted by molar-refractivity contribution is -0.133. The third-order valence-corrected chi connectivity index (χ3v) is 15.2. The molecule has 66 heavy (non-hydrogen) atoms. The Hall–Kier alpha value is -6.18. The first kappa shape index (κ1) is 42.5. The number of likely N-dealkylation sites (tertiary alicyclic amines) is 1. The molecule has 16 heteroatoms. The summed E-state index contributed by atoms with van der Waals surface area (Å²) in [7, 11) is 0. The minimum atomic E-state index is -0.741. The first-order valence-corrected chi connectivity index (χ1v) is 23.2. The number of terminal acetylenes is 1. The number of benzene rings is 3. The number of amides is 2. The number of hydrogen-bond acceptors (Lipinski definition) is 12. The molecule has 5 saturated heterocycles. The van der Waals surface area contributed by atoms with Crippen molar-refractivity contribution in [2.24, 2.45) is 10.8 Å². The molecule has 2 amide bonds. The van der Waals surface area contributed by atoms with Gasteiger partial charge < -0.3 is 35.2 Å².